The number of nitriles is 1. The van der Waals surface area contributed by atoms with Gasteiger partial charge in [-0.3, -0.25) is 4.79 Å². The molecule has 160 valence electrons. The molecule has 0 saturated heterocycles. The maximum Gasteiger partial charge on any atom is 0.262 e. The lowest BCUT2D eigenvalue weighted by Gasteiger charge is -2.17. The molecular weight excluding hydrogens is 392 g/mol. The van der Waals surface area contributed by atoms with E-state index in [0.717, 1.165) is 29.1 Å². The van der Waals surface area contributed by atoms with Crippen molar-refractivity contribution in [2.45, 2.75) is 32.9 Å². The molecule has 1 aromatic heterocycles. The van der Waals surface area contributed by atoms with Crippen molar-refractivity contribution in [3.8, 4) is 6.07 Å². The third kappa shape index (κ3) is 5.32. The molecule has 1 heterocycles. The normalized spacial score (nSPS) is 13.6. The topological polar surface area (TPSA) is 87.3 Å². The van der Waals surface area contributed by atoms with Crippen molar-refractivity contribution in [1.82, 2.24) is 9.88 Å². The van der Waals surface area contributed by atoms with Crippen LogP contribution >= 0.6 is 0 Å². The molecule has 2 unspecified atom stereocenters. The molecule has 0 aliphatic heterocycles. The van der Waals surface area contributed by atoms with Crippen molar-refractivity contribution in [3.63, 3.8) is 0 Å². The highest BCUT2D eigenvalue weighted by Gasteiger charge is 2.17. The molecule has 1 aromatic carbocycles. The molecule has 30 heavy (non-hydrogen) atoms. The first-order chi connectivity index (χ1) is 14.2. The van der Waals surface area contributed by atoms with E-state index in [1.54, 1.807) is 7.11 Å². The van der Waals surface area contributed by atoms with Crippen molar-refractivity contribution < 1.29 is 23.4 Å². The Kier molecular flexibility index (Phi) is 7.86. The Morgan fingerprint density at radius 1 is 1.33 bits per heavy atom. The summed E-state index contributed by atoms with van der Waals surface area (Å²) in [6.07, 6.45) is 0.237. The standard InChI is InChI=1S/C22H25F2N3O3/c1-13-7-17(15(3)27(13)14(2)12-30-4)8-18(10-25)22(29)26-11-21(28)16-5-6-19(23)20(24)9-16/h5-9,14,21,28H,11-12H2,1-4H3,(H,26,29)/b18-8-. The van der Waals surface area contributed by atoms with Gasteiger partial charge in [-0.25, -0.2) is 8.78 Å². The summed E-state index contributed by atoms with van der Waals surface area (Å²) in [5, 5.41) is 22.0. The summed E-state index contributed by atoms with van der Waals surface area (Å²) < 4.78 is 33.6. The number of aryl methyl sites for hydroxylation is 1. The number of methoxy groups -OCH3 is 1. The van der Waals surface area contributed by atoms with Crippen LogP contribution < -0.4 is 5.32 Å². The zero-order valence-corrected chi connectivity index (χ0v) is 17.4. The number of nitrogens with one attached hydrogen (secondary N) is 1. The average molecular weight is 417 g/mol. The molecule has 1 amide bonds. The highest BCUT2D eigenvalue weighted by Crippen LogP contribution is 2.23. The summed E-state index contributed by atoms with van der Waals surface area (Å²) in [6.45, 7) is 6.10. The molecule has 0 radical (unpaired) electrons. The molecule has 0 fully saturated rings. The van der Waals surface area contributed by atoms with Crippen LogP contribution in [0.25, 0.3) is 6.08 Å². The summed E-state index contributed by atoms with van der Waals surface area (Å²) in [7, 11) is 1.62. The number of aliphatic hydroxyl groups is 1. The van der Waals surface area contributed by atoms with Crippen molar-refractivity contribution in [1.29, 1.82) is 5.26 Å². The fourth-order valence-corrected chi connectivity index (χ4v) is 3.37. The van der Waals surface area contributed by atoms with Gasteiger partial charge in [0.15, 0.2) is 11.6 Å². The van der Waals surface area contributed by atoms with Crippen LogP contribution in [0.4, 0.5) is 8.78 Å². The van der Waals surface area contributed by atoms with Gasteiger partial charge in [-0.2, -0.15) is 5.26 Å². The van der Waals surface area contributed by atoms with Gasteiger partial charge < -0.3 is 19.7 Å². The van der Waals surface area contributed by atoms with Crippen LogP contribution in [0.5, 0.6) is 0 Å². The molecule has 2 rings (SSSR count). The number of rotatable bonds is 8. The highest BCUT2D eigenvalue weighted by atomic mass is 19.2. The van der Waals surface area contributed by atoms with Crippen LogP contribution in [0, 0.1) is 36.8 Å². The number of aliphatic hydroxyl groups excluding tert-OH is 1. The fourth-order valence-electron chi connectivity index (χ4n) is 3.37. The Hall–Kier alpha value is -3.02. The van der Waals surface area contributed by atoms with E-state index in [4.69, 9.17) is 4.74 Å². The number of carbonyl (C=O) groups excluding carboxylic acids is 1. The summed E-state index contributed by atoms with van der Waals surface area (Å²) in [6, 6.07) is 6.82. The second-order valence-corrected chi connectivity index (χ2v) is 7.07. The summed E-state index contributed by atoms with van der Waals surface area (Å²) in [5.41, 5.74) is 2.57. The number of hydrogen-bond acceptors (Lipinski definition) is 4. The number of halogens is 2. The van der Waals surface area contributed by atoms with Gasteiger partial charge in [0.25, 0.3) is 5.91 Å². The molecule has 2 aromatic rings. The largest absolute Gasteiger partial charge is 0.387 e. The number of carbonyl (C=O) groups is 1. The van der Waals surface area contributed by atoms with Gasteiger partial charge in [0, 0.05) is 25.0 Å². The maximum atomic E-state index is 13.3. The minimum atomic E-state index is -1.25. The third-order valence-electron chi connectivity index (χ3n) is 4.82. The van der Waals surface area contributed by atoms with E-state index in [1.807, 2.05) is 32.9 Å². The fraction of sp³-hybridized carbons (Fsp3) is 0.364. The quantitative estimate of drug-likeness (QED) is 0.509. The Morgan fingerprint density at radius 3 is 2.63 bits per heavy atom. The molecule has 0 aliphatic rings. The first-order valence-electron chi connectivity index (χ1n) is 9.40. The van der Waals surface area contributed by atoms with E-state index < -0.39 is 23.6 Å². The van der Waals surface area contributed by atoms with Crippen molar-refractivity contribution in [2.24, 2.45) is 0 Å². The van der Waals surface area contributed by atoms with E-state index in [-0.39, 0.29) is 23.7 Å². The Bertz CT molecular complexity index is 992. The molecule has 6 nitrogen and oxygen atoms in total. The van der Waals surface area contributed by atoms with E-state index in [9.17, 15) is 23.9 Å². The van der Waals surface area contributed by atoms with E-state index in [1.165, 1.54) is 12.1 Å². The lowest BCUT2D eigenvalue weighted by atomic mass is 10.1. The average Bonchev–Trinajstić information content (AvgIpc) is 2.99. The van der Waals surface area contributed by atoms with Crippen LogP contribution in [0.15, 0.2) is 29.8 Å². The number of amides is 1. The molecule has 2 N–H and O–H groups in total. The monoisotopic (exact) mass is 417 g/mol. The predicted molar refractivity (Wildman–Crippen MR) is 108 cm³/mol. The van der Waals surface area contributed by atoms with Crippen LogP contribution in [0.3, 0.4) is 0 Å². The minimum absolute atomic E-state index is 0.0859. The Morgan fingerprint density at radius 2 is 2.03 bits per heavy atom. The van der Waals surface area contributed by atoms with E-state index in [2.05, 4.69) is 9.88 Å². The van der Waals surface area contributed by atoms with Gasteiger partial charge >= 0.3 is 0 Å². The van der Waals surface area contributed by atoms with E-state index >= 15 is 0 Å². The van der Waals surface area contributed by atoms with Crippen LogP contribution in [-0.2, 0) is 9.53 Å². The number of ether oxygens (including phenoxy) is 1. The predicted octanol–water partition coefficient (Wildman–Crippen LogP) is 3.35. The van der Waals surface area contributed by atoms with Gasteiger partial charge in [0.2, 0.25) is 0 Å². The zero-order valence-electron chi connectivity index (χ0n) is 17.4. The molecule has 0 saturated carbocycles. The van der Waals surface area contributed by atoms with Crippen molar-refractivity contribution >= 4 is 12.0 Å². The zero-order chi connectivity index (χ0) is 22.4. The lowest BCUT2D eigenvalue weighted by molar-refractivity contribution is -0.117. The number of hydrogen-bond donors (Lipinski definition) is 2. The number of benzene rings is 1. The Balaban J connectivity index is 2.14. The van der Waals surface area contributed by atoms with E-state index in [0.29, 0.717) is 6.61 Å². The molecule has 0 aliphatic carbocycles. The molecule has 0 spiro atoms. The van der Waals surface area contributed by atoms with Gasteiger partial charge in [-0.05, 0) is 56.2 Å². The smallest absolute Gasteiger partial charge is 0.262 e. The van der Waals surface area contributed by atoms with Crippen LogP contribution in [-0.4, -0.2) is 35.8 Å². The van der Waals surface area contributed by atoms with Crippen molar-refractivity contribution in [3.05, 3.63) is 64.0 Å². The number of nitrogens with zero attached hydrogens (tertiary/aromatic N) is 2. The maximum absolute atomic E-state index is 13.3. The first-order valence-corrected chi connectivity index (χ1v) is 9.40. The molecule has 0 bridgehead atoms. The summed E-state index contributed by atoms with van der Waals surface area (Å²) in [4.78, 5) is 12.4. The highest BCUT2D eigenvalue weighted by molar-refractivity contribution is 6.01. The SMILES string of the molecule is COCC(C)n1c(C)cc(/C=C(/C#N)C(=O)NCC(O)c2ccc(F)c(F)c2)c1C. The van der Waals surface area contributed by atoms with Gasteiger partial charge in [0.1, 0.15) is 11.6 Å². The van der Waals surface area contributed by atoms with Crippen LogP contribution in [0.1, 0.15) is 41.6 Å². The Labute approximate surface area is 174 Å². The van der Waals surface area contributed by atoms with Gasteiger partial charge in [-0.15, -0.1) is 0 Å². The van der Waals surface area contributed by atoms with Crippen LogP contribution in [0.2, 0.25) is 0 Å². The summed E-state index contributed by atoms with van der Waals surface area (Å²) in [5.74, 6) is -2.79. The second-order valence-electron chi connectivity index (χ2n) is 7.07. The van der Waals surface area contributed by atoms with Crippen molar-refractivity contribution in [2.75, 3.05) is 20.3 Å². The number of aromatic nitrogens is 1. The molecule has 8 heteroatoms. The third-order valence-corrected chi connectivity index (χ3v) is 4.82. The lowest BCUT2D eigenvalue weighted by Crippen LogP contribution is -2.29. The van der Waals surface area contributed by atoms with Gasteiger partial charge in [-0.1, -0.05) is 6.07 Å². The molecular formula is C22H25F2N3O3. The minimum Gasteiger partial charge on any atom is -0.387 e. The first kappa shape index (κ1) is 23.3. The van der Waals surface area contributed by atoms with Gasteiger partial charge in [0.05, 0.1) is 18.8 Å². The second kappa shape index (κ2) is 10.1. The molecule has 2 atom stereocenters. The summed E-state index contributed by atoms with van der Waals surface area (Å²) >= 11 is 0.